The minimum atomic E-state index is -0.264. The van der Waals surface area contributed by atoms with Gasteiger partial charge in [0.25, 0.3) is 5.91 Å². The van der Waals surface area contributed by atoms with Crippen LogP contribution in [0.1, 0.15) is 16.2 Å². The summed E-state index contributed by atoms with van der Waals surface area (Å²) in [7, 11) is 1.66. The van der Waals surface area contributed by atoms with Crippen molar-refractivity contribution in [1.82, 2.24) is 20.3 Å². The van der Waals surface area contributed by atoms with Crippen molar-refractivity contribution in [3.05, 3.63) is 36.0 Å². The van der Waals surface area contributed by atoms with Crippen molar-refractivity contribution in [2.45, 2.75) is 6.54 Å². The third kappa shape index (κ3) is 2.22. The lowest BCUT2D eigenvalue weighted by molar-refractivity contribution is 0.0942. The zero-order chi connectivity index (χ0) is 10.7. The Morgan fingerprint density at radius 2 is 2.53 bits per heavy atom. The van der Waals surface area contributed by atoms with E-state index < -0.39 is 0 Å². The summed E-state index contributed by atoms with van der Waals surface area (Å²) in [5.74, 6) is 0.437. The van der Waals surface area contributed by atoms with Crippen LogP contribution in [0.3, 0.4) is 0 Å². The number of aryl methyl sites for hydroxylation is 1. The molecular formula is C9H10N4O2. The zero-order valence-corrected chi connectivity index (χ0v) is 8.17. The van der Waals surface area contributed by atoms with Crippen molar-refractivity contribution < 1.29 is 9.21 Å². The molecule has 1 N–H and O–H groups in total. The first-order valence-electron chi connectivity index (χ1n) is 4.42. The molecule has 6 nitrogen and oxygen atoms in total. The number of carbonyl (C=O) groups excluding carboxylic acids is 1. The van der Waals surface area contributed by atoms with E-state index in [0.717, 1.165) is 0 Å². The number of aromatic nitrogens is 3. The van der Waals surface area contributed by atoms with Gasteiger partial charge >= 0.3 is 0 Å². The highest BCUT2D eigenvalue weighted by Gasteiger charge is 2.09. The molecule has 1 amide bonds. The standard InChI is InChI=1S/C9H10N4O2/c1-13-11-6-8(12-13)9(14)10-5-7-3-2-4-15-7/h2-4,6H,5H2,1H3,(H,10,14). The Morgan fingerprint density at radius 3 is 3.13 bits per heavy atom. The summed E-state index contributed by atoms with van der Waals surface area (Å²) in [6.07, 6.45) is 2.97. The number of nitrogens with one attached hydrogen (secondary N) is 1. The fraction of sp³-hybridized carbons (Fsp3) is 0.222. The van der Waals surface area contributed by atoms with Crippen LogP contribution in [-0.4, -0.2) is 20.9 Å². The Morgan fingerprint density at radius 1 is 1.67 bits per heavy atom. The lowest BCUT2D eigenvalue weighted by atomic mass is 10.4. The maximum absolute atomic E-state index is 11.5. The van der Waals surface area contributed by atoms with Crippen molar-refractivity contribution >= 4 is 5.91 Å². The molecule has 0 aliphatic carbocycles. The summed E-state index contributed by atoms with van der Waals surface area (Å²) in [6.45, 7) is 0.350. The smallest absolute Gasteiger partial charge is 0.273 e. The Balaban J connectivity index is 1.93. The molecule has 78 valence electrons. The quantitative estimate of drug-likeness (QED) is 0.785. The Kier molecular flexibility index (Phi) is 2.49. The first-order valence-corrected chi connectivity index (χ1v) is 4.42. The third-order valence-electron chi connectivity index (χ3n) is 1.84. The molecule has 0 atom stereocenters. The van der Waals surface area contributed by atoms with Crippen molar-refractivity contribution in [2.24, 2.45) is 7.05 Å². The number of hydrogen-bond donors (Lipinski definition) is 1. The molecule has 0 bridgehead atoms. The molecule has 6 heteroatoms. The number of rotatable bonds is 3. The van der Waals surface area contributed by atoms with E-state index in [9.17, 15) is 4.79 Å². The summed E-state index contributed by atoms with van der Waals surface area (Å²) in [5.41, 5.74) is 0.295. The minimum absolute atomic E-state index is 0.264. The van der Waals surface area contributed by atoms with Crippen LogP contribution in [0.5, 0.6) is 0 Å². The molecule has 0 radical (unpaired) electrons. The highest BCUT2D eigenvalue weighted by atomic mass is 16.3. The van der Waals surface area contributed by atoms with Gasteiger partial charge in [-0.25, -0.2) is 0 Å². The number of carbonyl (C=O) groups is 1. The van der Waals surface area contributed by atoms with Gasteiger partial charge in [0, 0.05) is 7.05 Å². The maximum atomic E-state index is 11.5. The van der Waals surface area contributed by atoms with Crippen molar-refractivity contribution in [3.8, 4) is 0 Å². The second kappa shape index (κ2) is 3.95. The summed E-state index contributed by atoms with van der Waals surface area (Å²) in [5, 5.41) is 10.3. The third-order valence-corrected chi connectivity index (χ3v) is 1.84. The van der Waals surface area contributed by atoms with E-state index in [1.165, 1.54) is 11.0 Å². The van der Waals surface area contributed by atoms with Crippen LogP contribution < -0.4 is 5.32 Å². The largest absolute Gasteiger partial charge is 0.467 e. The Labute approximate surface area is 85.9 Å². The normalized spacial score (nSPS) is 10.2. The highest BCUT2D eigenvalue weighted by Crippen LogP contribution is 1.99. The van der Waals surface area contributed by atoms with E-state index in [1.807, 2.05) is 0 Å². The summed E-state index contributed by atoms with van der Waals surface area (Å²) < 4.78 is 5.07. The molecule has 2 aromatic heterocycles. The zero-order valence-electron chi connectivity index (χ0n) is 8.17. The summed E-state index contributed by atoms with van der Waals surface area (Å²) in [6, 6.07) is 3.56. The molecule has 0 unspecified atom stereocenters. The molecule has 15 heavy (non-hydrogen) atoms. The molecule has 0 aromatic carbocycles. The number of furan rings is 1. The van der Waals surface area contributed by atoms with Gasteiger partial charge in [0.05, 0.1) is 19.0 Å². The van der Waals surface area contributed by atoms with E-state index in [-0.39, 0.29) is 5.91 Å². The average Bonchev–Trinajstić information content (AvgIpc) is 2.84. The minimum Gasteiger partial charge on any atom is -0.467 e. The van der Waals surface area contributed by atoms with Crippen LogP contribution in [0.25, 0.3) is 0 Å². The van der Waals surface area contributed by atoms with Gasteiger partial charge in [-0.1, -0.05) is 0 Å². The molecule has 2 heterocycles. The summed E-state index contributed by atoms with van der Waals surface area (Å²) in [4.78, 5) is 12.8. The second-order valence-corrected chi connectivity index (χ2v) is 2.98. The molecule has 0 saturated heterocycles. The predicted molar refractivity (Wildman–Crippen MR) is 50.9 cm³/mol. The molecule has 0 spiro atoms. The molecule has 2 rings (SSSR count). The number of nitrogens with zero attached hydrogens (tertiary/aromatic N) is 3. The van der Waals surface area contributed by atoms with Gasteiger partial charge in [0.1, 0.15) is 5.76 Å². The molecular weight excluding hydrogens is 196 g/mol. The van der Waals surface area contributed by atoms with Gasteiger partial charge in [-0.05, 0) is 12.1 Å². The van der Waals surface area contributed by atoms with Crippen molar-refractivity contribution in [1.29, 1.82) is 0 Å². The lowest BCUT2D eigenvalue weighted by Gasteiger charge is -1.98. The summed E-state index contributed by atoms with van der Waals surface area (Å²) >= 11 is 0. The molecule has 0 aliphatic heterocycles. The lowest BCUT2D eigenvalue weighted by Crippen LogP contribution is -2.23. The first kappa shape index (κ1) is 9.45. The van der Waals surface area contributed by atoms with Gasteiger partial charge < -0.3 is 9.73 Å². The van der Waals surface area contributed by atoms with Gasteiger partial charge in [0.15, 0.2) is 5.69 Å². The SMILES string of the molecule is Cn1ncc(C(=O)NCc2ccco2)n1. The Bertz CT molecular complexity index is 446. The molecule has 0 aliphatic rings. The molecule has 0 fully saturated rings. The van der Waals surface area contributed by atoms with E-state index in [4.69, 9.17) is 4.42 Å². The maximum Gasteiger partial charge on any atom is 0.273 e. The van der Waals surface area contributed by atoms with E-state index >= 15 is 0 Å². The van der Waals surface area contributed by atoms with Gasteiger partial charge in [-0.15, -0.1) is 5.10 Å². The van der Waals surface area contributed by atoms with Gasteiger partial charge in [-0.3, -0.25) is 4.79 Å². The van der Waals surface area contributed by atoms with Crippen LogP contribution in [0.15, 0.2) is 29.0 Å². The fourth-order valence-electron chi connectivity index (χ4n) is 1.12. The fourth-order valence-corrected chi connectivity index (χ4v) is 1.12. The first-order chi connectivity index (χ1) is 7.25. The van der Waals surface area contributed by atoms with Crippen LogP contribution in [0.4, 0.5) is 0 Å². The average molecular weight is 206 g/mol. The Hall–Kier alpha value is -2.11. The van der Waals surface area contributed by atoms with Gasteiger partial charge in [-0.2, -0.15) is 9.90 Å². The monoisotopic (exact) mass is 206 g/mol. The van der Waals surface area contributed by atoms with Gasteiger partial charge in [0.2, 0.25) is 0 Å². The van der Waals surface area contributed by atoms with Crippen LogP contribution >= 0.6 is 0 Å². The topological polar surface area (TPSA) is 73.0 Å². The molecule has 2 aromatic rings. The van der Waals surface area contributed by atoms with Crippen LogP contribution in [0, 0.1) is 0 Å². The van der Waals surface area contributed by atoms with Crippen LogP contribution in [0.2, 0.25) is 0 Å². The second-order valence-electron chi connectivity index (χ2n) is 2.98. The van der Waals surface area contributed by atoms with E-state index in [1.54, 1.807) is 25.4 Å². The molecule has 0 saturated carbocycles. The predicted octanol–water partition coefficient (Wildman–Crippen LogP) is 0.338. The number of hydrogen-bond acceptors (Lipinski definition) is 4. The van der Waals surface area contributed by atoms with Crippen molar-refractivity contribution in [2.75, 3.05) is 0 Å². The number of amides is 1. The van der Waals surface area contributed by atoms with E-state index in [2.05, 4.69) is 15.5 Å². The van der Waals surface area contributed by atoms with E-state index in [0.29, 0.717) is 18.0 Å². The highest BCUT2D eigenvalue weighted by molar-refractivity contribution is 5.91. The van der Waals surface area contributed by atoms with Crippen LogP contribution in [-0.2, 0) is 13.6 Å². The van der Waals surface area contributed by atoms with Crippen molar-refractivity contribution in [3.63, 3.8) is 0 Å².